The zero-order valence-corrected chi connectivity index (χ0v) is 25.8. The molecule has 6 heteroatoms. The molecule has 0 amide bonds. The fourth-order valence-electron chi connectivity index (χ4n) is 4.79. The molecule has 0 aromatic heterocycles. The normalized spacial score (nSPS) is 12.4. The Labute approximate surface area is 232 Å². The molecular weight excluding hydrogens is 581 g/mol. The number of carbonyl (C=O) groups is 2. The largest absolute Gasteiger partial charge is 0.412 e. The smallest absolute Gasteiger partial charge is 0.412 e. The van der Waals surface area contributed by atoms with E-state index in [4.69, 9.17) is 3.07 Å². The molecule has 5 nitrogen and oxygen atoms in total. The molecule has 3 rings (SSSR count). The molecule has 0 spiro atoms. The van der Waals surface area contributed by atoms with Crippen molar-refractivity contribution >= 4 is 30.5 Å². The Morgan fingerprint density at radius 2 is 1.16 bits per heavy atom. The van der Waals surface area contributed by atoms with Crippen molar-refractivity contribution in [3.63, 3.8) is 0 Å². The SMILES string of the molecule is CC(=O)/C=C(/C)N[C@@H](CC(C)C)C(=O)[O][Sn]([CH2]c1ccccc1)([CH2]c1ccccc1)[CH2]c1ccccc1.O. The molecule has 0 bridgehead atoms. The molecular formula is C32H41NO4Sn. The predicted molar refractivity (Wildman–Crippen MR) is 157 cm³/mol. The third kappa shape index (κ3) is 10.5. The summed E-state index contributed by atoms with van der Waals surface area (Å²) in [5, 5.41) is 3.29. The molecule has 38 heavy (non-hydrogen) atoms. The summed E-state index contributed by atoms with van der Waals surface area (Å²) in [6, 6.07) is 30.7. The van der Waals surface area contributed by atoms with E-state index in [9.17, 15) is 9.59 Å². The fourth-order valence-corrected chi connectivity index (χ4v) is 16.5. The van der Waals surface area contributed by atoms with E-state index in [1.165, 1.54) is 29.7 Å². The first-order chi connectivity index (χ1) is 17.7. The summed E-state index contributed by atoms with van der Waals surface area (Å²) in [6.07, 6.45) is 2.17. The average molecular weight is 622 g/mol. The van der Waals surface area contributed by atoms with E-state index < -0.39 is 24.8 Å². The van der Waals surface area contributed by atoms with Gasteiger partial charge >= 0.3 is 227 Å². The fraction of sp³-hybridized carbons (Fsp3) is 0.312. The van der Waals surface area contributed by atoms with Gasteiger partial charge in [0, 0.05) is 0 Å². The molecule has 0 fully saturated rings. The van der Waals surface area contributed by atoms with E-state index in [1.807, 2.05) is 25.1 Å². The molecule has 0 aliphatic rings. The van der Waals surface area contributed by atoms with E-state index in [1.54, 1.807) is 0 Å². The number of allylic oxidation sites excluding steroid dienone is 2. The van der Waals surface area contributed by atoms with Crippen LogP contribution < -0.4 is 5.32 Å². The molecule has 0 heterocycles. The van der Waals surface area contributed by atoms with Gasteiger partial charge in [-0.3, -0.25) is 0 Å². The molecule has 1 atom stereocenters. The third-order valence-corrected chi connectivity index (χ3v) is 17.1. The maximum atomic E-state index is 13.9. The van der Waals surface area contributed by atoms with Crippen molar-refractivity contribution in [2.45, 2.75) is 53.5 Å². The van der Waals surface area contributed by atoms with Crippen LogP contribution in [0.15, 0.2) is 103 Å². The first-order valence-electron chi connectivity index (χ1n) is 13.0. The zero-order chi connectivity index (χ0) is 26.7. The topological polar surface area (TPSA) is 86.9 Å². The first kappa shape index (κ1) is 31.3. The molecule has 0 saturated carbocycles. The van der Waals surface area contributed by atoms with Crippen LogP contribution in [-0.2, 0) is 26.0 Å². The standard InChI is InChI=1S/C11H19NO3.3C7H7.H2O.Sn/c1-7(2)5-10(11(14)15)12-8(3)6-9(4)13;3*1-7-5-3-2-4-6-7;;/h6-7,10,12H,5H2,1-4H3,(H,14,15);3*2-6H,1H2;1H2;/q;;;;;+1/p-1/b8-6-;;;;;/t10-;;;;;/m0...../s1. The van der Waals surface area contributed by atoms with Gasteiger partial charge in [0.15, 0.2) is 0 Å². The number of rotatable bonds is 13. The summed E-state index contributed by atoms with van der Waals surface area (Å²) in [6.45, 7) is 7.54. The minimum absolute atomic E-state index is 0. The van der Waals surface area contributed by atoms with Crippen LogP contribution in [-0.4, -0.2) is 42.1 Å². The van der Waals surface area contributed by atoms with Crippen LogP contribution in [0.25, 0.3) is 0 Å². The van der Waals surface area contributed by atoms with Gasteiger partial charge in [0.2, 0.25) is 0 Å². The van der Waals surface area contributed by atoms with E-state index in [0.29, 0.717) is 12.1 Å². The van der Waals surface area contributed by atoms with Crippen LogP contribution in [0.2, 0.25) is 0 Å². The van der Waals surface area contributed by atoms with Crippen LogP contribution in [0.5, 0.6) is 0 Å². The maximum absolute atomic E-state index is 13.9. The second-order valence-corrected chi connectivity index (χ2v) is 20.7. The Bertz CT molecular complexity index is 1060. The maximum Gasteiger partial charge on any atom is -0.412 e. The van der Waals surface area contributed by atoms with Crippen molar-refractivity contribution in [3.8, 4) is 0 Å². The molecule has 0 aliphatic heterocycles. The van der Waals surface area contributed by atoms with Gasteiger partial charge in [-0.05, 0) is 0 Å². The molecule has 0 saturated heterocycles. The second kappa shape index (κ2) is 15.5. The van der Waals surface area contributed by atoms with E-state index in [-0.39, 0.29) is 23.1 Å². The molecule has 3 N–H and O–H groups in total. The Hall–Kier alpha value is -2.90. The van der Waals surface area contributed by atoms with Crippen molar-refractivity contribution in [2.75, 3.05) is 0 Å². The van der Waals surface area contributed by atoms with Crippen molar-refractivity contribution in [3.05, 3.63) is 119 Å². The Morgan fingerprint density at radius 1 is 0.763 bits per heavy atom. The number of ketones is 1. The van der Waals surface area contributed by atoms with Crippen molar-refractivity contribution in [1.82, 2.24) is 5.32 Å². The van der Waals surface area contributed by atoms with Gasteiger partial charge in [-0.15, -0.1) is 0 Å². The van der Waals surface area contributed by atoms with Gasteiger partial charge in [-0.1, -0.05) is 0 Å². The molecule has 0 unspecified atom stereocenters. The minimum Gasteiger partial charge on any atom is -0.412 e. The van der Waals surface area contributed by atoms with Gasteiger partial charge in [-0.2, -0.15) is 0 Å². The quantitative estimate of drug-likeness (QED) is 0.202. The van der Waals surface area contributed by atoms with Crippen molar-refractivity contribution in [2.24, 2.45) is 5.92 Å². The van der Waals surface area contributed by atoms with Gasteiger partial charge in [-0.25, -0.2) is 0 Å². The average Bonchev–Trinajstić information content (AvgIpc) is 2.84. The minimum atomic E-state index is -3.76. The second-order valence-electron chi connectivity index (χ2n) is 10.4. The number of benzene rings is 3. The number of hydrogen-bond acceptors (Lipinski definition) is 4. The Balaban J connectivity index is 0.00000507. The predicted octanol–water partition coefficient (Wildman–Crippen LogP) is 5.49. The van der Waals surface area contributed by atoms with Crippen molar-refractivity contribution in [1.29, 1.82) is 0 Å². The summed E-state index contributed by atoms with van der Waals surface area (Å²) in [5.41, 5.74) is 4.31. The van der Waals surface area contributed by atoms with Crippen molar-refractivity contribution < 1.29 is 18.1 Å². The first-order valence-corrected chi connectivity index (χ1v) is 20.3. The summed E-state index contributed by atoms with van der Waals surface area (Å²) < 4.78 is 9.20. The van der Waals surface area contributed by atoms with Gasteiger partial charge in [0.1, 0.15) is 0 Å². The van der Waals surface area contributed by atoms with E-state index in [0.717, 1.165) is 13.3 Å². The number of nitrogens with one attached hydrogen (secondary N) is 1. The Kier molecular flexibility index (Phi) is 12.8. The summed E-state index contributed by atoms with van der Waals surface area (Å²) in [5.74, 6) is 0.0353. The van der Waals surface area contributed by atoms with Gasteiger partial charge in [0.05, 0.1) is 0 Å². The van der Waals surface area contributed by atoms with Gasteiger partial charge < -0.3 is 5.48 Å². The molecule has 3 aromatic carbocycles. The van der Waals surface area contributed by atoms with E-state index >= 15 is 0 Å². The van der Waals surface area contributed by atoms with Crippen LogP contribution in [0, 0.1) is 5.92 Å². The monoisotopic (exact) mass is 623 g/mol. The van der Waals surface area contributed by atoms with Crippen LogP contribution in [0.1, 0.15) is 50.8 Å². The van der Waals surface area contributed by atoms with Gasteiger partial charge in [0.25, 0.3) is 0 Å². The molecule has 3 aromatic rings. The van der Waals surface area contributed by atoms with E-state index in [2.05, 4.69) is 92.0 Å². The molecule has 0 aliphatic carbocycles. The Morgan fingerprint density at radius 3 is 1.50 bits per heavy atom. The van der Waals surface area contributed by atoms with Crippen LogP contribution in [0.3, 0.4) is 0 Å². The van der Waals surface area contributed by atoms with Crippen LogP contribution >= 0.6 is 0 Å². The molecule has 202 valence electrons. The molecule has 0 radical (unpaired) electrons. The number of hydrogen-bond donors (Lipinski definition) is 1. The van der Waals surface area contributed by atoms with Crippen LogP contribution in [0.4, 0.5) is 0 Å². The third-order valence-electron chi connectivity index (χ3n) is 6.24. The zero-order valence-electron chi connectivity index (χ0n) is 22.9. The summed E-state index contributed by atoms with van der Waals surface area (Å²) in [7, 11) is 0. The summed E-state index contributed by atoms with van der Waals surface area (Å²) in [4.78, 5) is 25.6. The number of carbonyl (C=O) groups excluding carboxylic acids is 2. The summed E-state index contributed by atoms with van der Waals surface area (Å²) >= 11 is -3.76.